The number of rotatable bonds is 6. The van der Waals surface area contributed by atoms with Gasteiger partial charge in [0.2, 0.25) is 0 Å². The molecule has 0 spiro atoms. The largest absolute Gasteiger partial charge is 0.489 e. The second-order valence-electron chi connectivity index (χ2n) is 5.52. The summed E-state index contributed by atoms with van der Waals surface area (Å²) in [6.07, 6.45) is 1.57. The quantitative estimate of drug-likeness (QED) is 0.510. The molecular weight excluding hydrogens is 348 g/mol. The predicted octanol–water partition coefficient (Wildman–Crippen LogP) is 4.68. The van der Waals surface area contributed by atoms with Crippen LogP contribution in [0.25, 0.3) is 0 Å². The molecule has 0 radical (unpaired) electrons. The molecule has 3 aromatic rings. The van der Waals surface area contributed by atoms with Crippen LogP contribution in [-0.4, -0.2) is 12.1 Å². The summed E-state index contributed by atoms with van der Waals surface area (Å²) < 4.78 is 5.73. The van der Waals surface area contributed by atoms with Gasteiger partial charge in [-0.25, -0.2) is 5.43 Å². The second-order valence-corrected chi connectivity index (χ2v) is 5.93. The minimum atomic E-state index is -0.352. The molecule has 130 valence electrons. The van der Waals surface area contributed by atoms with Crippen molar-refractivity contribution >= 4 is 23.7 Å². The average Bonchev–Trinajstić information content (AvgIpc) is 2.68. The summed E-state index contributed by atoms with van der Waals surface area (Å²) in [5, 5.41) is 4.35. The van der Waals surface area contributed by atoms with Gasteiger partial charge in [0.15, 0.2) is 0 Å². The van der Waals surface area contributed by atoms with Crippen molar-refractivity contribution < 1.29 is 9.53 Å². The fourth-order valence-electron chi connectivity index (χ4n) is 2.26. The van der Waals surface area contributed by atoms with E-state index in [-0.39, 0.29) is 5.91 Å². The highest BCUT2D eigenvalue weighted by Gasteiger charge is 2.07. The molecule has 1 amide bonds. The van der Waals surface area contributed by atoms with Gasteiger partial charge >= 0.3 is 0 Å². The minimum Gasteiger partial charge on any atom is -0.489 e. The Balaban J connectivity index is 1.53. The van der Waals surface area contributed by atoms with Crippen LogP contribution >= 0.6 is 11.6 Å². The molecular formula is C21H17ClN2O2. The number of hydrazone groups is 1. The first-order chi connectivity index (χ1) is 12.7. The van der Waals surface area contributed by atoms with Crippen LogP contribution in [0.4, 0.5) is 0 Å². The van der Waals surface area contributed by atoms with Crippen LogP contribution in [0.3, 0.4) is 0 Å². The summed E-state index contributed by atoms with van der Waals surface area (Å²) in [6.45, 7) is 0.516. The third kappa shape index (κ3) is 4.94. The standard InChI is InChI=1S/C21H17ClN2O2/c22-20-9-5-4-8-19(20)21(25)24-23-14-16-10-12-18(13-11-16)26-15-17-6-2-1-3-7-17/h1-14H,15H2,(H,24,25)/b23-14+. The Morgan fingerprint density at radius 1 is 0.962 bits per heavy atom. The van der Waals surface area contributed by atoms with Gasteiger partial charge < -0.3 is 4.74 Å². The van der Waals surface area contributed by atoms with E-state index in [1.165, 1.54) is 0 Å². The Kier molecular flexibility index (Phi) is 6.01. The van der Waals surface area contributed by atoms with E-state index in [1.807, 2.05) is 54.6 Å². The molecule has 0 aliphatic heterocycles. The van der Waals surface area contributed by atoms with Gasteiger partial charge in [0.25, 0.3) is 5.91 Å². The molecule has 0 aromatic heterocycles. The Bertz CT molecular complexity index is 893. The van der Waals surface area contributed by atoms with Crippen LogP contribution in [0.15, 0.2) is 84.0 Å². The summed E-state index contributed by atoms with van der Waals surface area (Å²) in [7, 11) is 0. The molecule has 0 heterocycles. The summed E-state index contributed by atoms with van der Waals surface area (Å²) in [5.74, 6) is 0.417. The normalized spacial score (nSPS) is 10.7. The lowest BCUT2D eigenvalue weighted by Crippen LogP contribution is -2.17. The summed E-state index contributed by atoms with van der Waals surface area (Å²) in [6, 6.07) is 24.2. The summed E-state index contributed by atoms with van der Waals surface area (Å²) in [4.78, 5) is 12.0. The highest BCUT2D eigenvalue weighted by molar-refractivity contribution is 6.33. The fraction of sp³-hybridized carbons (Fsp3) is 0.0476. The number of nitrogens with one attached hydrogen (secondary N) is 1. The molecule has 3 aromatic carbocycles. The smallest absolute Gasteiger partial charge is 0.272 e. The molecule has 0 unspecified atom stereocenters. The maximum atomic E-state index is 12.0. The Morgan fingerprint density at radius 2 is 1.65 bits per heavy atom. The molecule has 5 heteroatoms. The highest BCUT2D eigenvalue weighted by atomic mass is 35.5. The van der Waals surface area contributed by atoms with E-state index in [0.717, 1.165) is 16.9 Å². The van der Waals surface area contributed by atoms with Gasteiger partial charge in [-0.3, -0.25) is 4.79 Å². The van der Waals surface area contributed by atoms with Gasteiger partial charge in [-0.1, -0.05) is 54.1 Å². The zero-order valence-electron chi connectivity index (χ0n) is 13.9. The zero-order chi connectivity index (χ0) is 18.2. The van der Waals surface area contributed by atoms with E-state index in [1.54, 1.807) is 30.5 Å². The van der Waals surface area contributed by atoms with E-state index in [0.29, 0.717) is 17.2 Å². The van der Waals surface area contributed by atoms with Crippen molar-refractivity contribution in [3.8, 4) is 5.75 Å². The molecule has 4 nitrogen and oxygen atoms in total. The Morgan fingerprint density at radius 3 is 2.38 bits per heavy atom. The third-order valence-corrected chi connectivity index (χ3v) is 3.96. The van der Waals surface area contributed by atoms with Crippen molar-refractivity contribution in [2.24, 2.45) is 5.10 Å². The number of carbonyl (C=O) groups excluding carboxylic acids is 1. The minimum absolute atomic E-state index is 0.352. The number of hydrogen-bond donors (Lipinski definition) is 1. The monoisotopic (exact) mass is 364 g/mol. The fourth-order valence-corrected chi connectivity index (χ4v) is 2.48. The average molecular weight is 365 g/mol. The molecule has 1 N–H and O–H groups in total. The summed E-state index contributed by atoms with van der Waals surface area (Å²) >= 11 is 5.98. The van der Waals surface area contributed by atoms with Crippen LogP contribution < -0.4 is 10.2 Å². The van der Waals surface area contributed by atoms with Crippen LogP contribution in [0.2, 0.25) is 5.02 Å². The van der Waals surface area contributed by atoms with E-state index in [9.17, 15) is 4.79 Å². The lowest BCUT2D eigenvalue weighted by Gasteiger charge is -2.06. The van der Waals surface area contributed by atoms with Crippen LogP contribution in [0, 0.1) is 0 Å². The molecule has 0 saturated heterocycles. The number of nitrogens with zero attached hydrogens (tertiary/aromatic N) is 1. The Hall–Kier alpha value is -3.11. The van der Waals surface area contributed by atoms with Crippen molar-refractivity contribution in [2.45, 2.75) is 6.61 Å². The third-order valence-electron chi connectivity index (χ3n) is 3.63. The lowest BCUT2D eigenvalue weighted by molar-refractivity contribution is 0.0955. The van der Waals surface area contributed by atoms with Crippen molar-refractivity contribution in [3.63, 3.8) is 0 Å². The van der Waals surface area contributed by atoms with E-state index in [2.05, 4.69) is 10.5 Å². The van der Waals surface area contributed by atoms with E-state index >= 15 is 0 Å². The van der Waals surface area contributed by atoms with Gasteiger partial charge in [0, 0.05) is 0 Å². The van der Waals surface area contributed by atoms with E-state index in [4.69, 9.17) is 16.3 Å². The van der Waals surface area contributed by atoms with Crippen LogP contribution in [0.5, 0.6) is 5.75 Å². The SMILES string of the molecule is O=C(N/N=C/c1ccc(OCc2ccccc2)cc1)c1ccccc1Cl. The lowest BCUT2D eigenvalue weighted by atomic mass is 10.2. The van der Waals surface area contributed by atoms with Crippen molar-refractivity contribution in [2.75, 3.05) is 0 Å². The molecule has 0 fully saturated rings. The van der Waals surface area contributed by atoms with Crippen molar-refractivity contribution in [1.82, 2.24) is 5.43 Å². The number of amides is 1. The molecule has 0 saturated carbocycles. The molecule has 26 heavy (non-hydrogen) atoms. The first-order valence-electron chi connectivity index (χ1n) is 8.07. The van der Waals surface area contributed by atoms with Crippen LogP contribution in [-0.2, 0) is 6.61 Å². The van der Waals surface area contributed by atoms with Gasteiger partial charge in [-0.15, -0.1) is 0 Å². The molecule has 3 rings (SSSR count). The molecule has 0 bridgehead atoms. The maximum Gasteiger partial charge on any atom is 0.272 e. The zero-order valence-corrected chi connectivity index (χ0v) is 14.7. The first-order valence-corrected chi connectivity index (χ1v) is 8.45. The molecule has 0 atom stereocenters. The number of halogens is 1. The number of carbonyl (C=O) groups is 1. The van der Waals surface area contributed by atoms with Gasteiger partial charge in [-0.05, 0) is 47.5 Å². The van der Waals surface area contributed by atoms with Gasteiger partial charge in [0.05, 0.1) is 16.8 Å². The highest BCUT2D eigenvalue weighted by Crippen LogP contribution is 2.15. The number of ether oxygens (including phenoxy) is 1. The van der Waals surface area contributed by atoms with Crippen molar-refractivity contribution in [1.29, 1.82) is 0 Å². The predicted molar refractivity (Wildman–Crippen MR) is 104 cm³/mol. The first kappa shape index (κ1) is 17.7. The van der Waals surface area contributed by atoms with Crippen LogP contribution in [0.1, 0.15) is 21.5 Å². The molecule has 0 aliphatic carbocycles. The van der Waals surface area contributed by atoms with Gasteiger partial charge in [-0.2, -0.15) is 5.10 Å². The molecule has 0 aliphatic rings. The number of benzene rings is 3. The van der Waals surface area contributed by atoms with Crippen molar-refractivity contribution in [3.05, 3.63) is 101 Å². The summed E-state index contributed by atoms with van der Waals surface area (Å²) in [5.41, 5.74) is 4.81. The topological polar surface area (TPSA) is 50.7 Å². The van der Waals surface area contributed by atoms with E-state index < -0.39 is 0 Å². The maximum absolute atomic E-state index is 12.0. The van der Waals surface area contributed by atoms with Gasteiger partial charge in [0.1, 0.15) is 12.4 Å². The second kappa shape index (κ2) is 8.83. The number of hydrogen-bond acceptors (Lipinski definition) is 3. The Labute approximate surface area is 157 Å².